The summed E-state index contributed by atoms with van der Waals surface area (Å²) in [5.74, 6) is 0.0212. The highest BCUT2D eigenvalue weighted by atomic mass is 16.6. The fraction of sp³-hybridized carbons (Fsp3) is 0.312. The maximum atomic E-state index is 12.5. The highest BCUT2D eigenvalue weighted by Crippen LogP contribution is 2.35. The molecule has 4 rings (SSSR count). The van der Waals surface area contributed by atoms with Gasteiger partial charge in [0.15, 0.2) is 24.3 Å². The molecule has 3 aromatic rings. The van der Waals surface area contributed by atoms with Crippen molar-refractivity contribution in [2.45, 2.75) is 33.0 Å². The lowest BCUT2D eigenvalue weighted by molar-refractivity contribution is -0.145. The first-order valence-corrected chi connectivity index (χ1v) is 14.3. The monoisotopic (exact) mass is 620 g/mol. The third-order valence-electron chi connectivity index (χ3n) is 6.67. The highest BCUT2D eigenvalue weighted by Gasteiger charge is 2.32. The summed E-state index contributed by atoms with van der Waals surface area (Å²) in [6, 6.07) is 14.9. The quantitative estimate of drug-likeness (QED) is 0.0909. The molecule has 4 N–H and O–H groups in total. The average Bonchev–Trinajstić information content (AvgIpc) is 3.03. The van der Waals surface area contributed by atoms with Gasteiger partial charge in [-0.15, -0.1) is 0 Å². The van der Waals surface area contributed by atoms with Crippen LogP contribution in [0, 0.1) is 0 Å². The molecular weight excluding hydrogens is 584 g/mol. The number of aliphatic hydroxyl groups excluding tert-OH is 1. The third-order valence-corrected chi connectivity index (χ3v) is 6.67. The van der Waals surface area contributed by atoms with E-state index in [1.165, 1.54) is 13.3 Å². The number of methoxy groups -OCH3 is 1. The van der Waals surface area contributed by atoms with E-state index in [9.17, 15) is 19.5 Å². The van der Waals surface area contributed by atoms with Gasteiger partial charge in [0.1, 0.15) is 12.4 Å². The van der Waals surface area contributed by atoms with Gasteiger partial charge in [-0.05, 0) is 55.3 Å². The standard InChI is InChI=1S/C32H36N4O9/c1-5-42-26-15-21(30-29(31(39)41-4)19(3)34-32(40)35-30)12-14-25(26)44-17-27(37)36-33-16-23-22-10-8-7-9-20(22)11-13-24(23)45-18-28(38)43-6-2/h7-16,27,30,36-37H,5-6,17-18H2,1-4H3,(H2,34,35,40)/b33-16+/t27-,30-/m1/s1. The van der Waals surface area contributed by atoms with Crippen LogP contribution in [0.3, 0.4) is 0 Å². The Balaban J connectivity index is 1.46. The molecule has 1 aliphatic heterocycles. The van der Waals surface area contributed by atoms with Crippen LogP contribution in [0.25, 0.3) is 10.8 Å². The van der Waals surface area contributed by atoms with Crippen molar-refractivity contribution < 1.29 is 43.2 Å². The molecule has 2 atom stereocenters. The van der Waals surface area contributed by atoms with Gasteiger partial charge in [-0.2, -0.15) is 5.10 Å². The number of nitrogens with zero attached hydrogens (tertiary/aromatic N) is 1. The molecule has 3 aromatic carbocycles. The predicted molar refractivity (Wildman–Crippen MR) is 165 cm³/mol. The molecule has 1 aliphatic rings. The zero-order valence-electron chi connectivity index (χ0n) is 25.4. The van der Waals surface area contributed by atoms with Crippen LogP contribution in [0.4, 0.5) is 4.79 Å². The van der Waals surface area contributed by atoms with Gasteiger partial charge in [0.2, 0.25) is 0 Å². The highest BCUT2D eigenvalue weighted by molar-refractivity contribution is 6.02. The number of hydrogen-bond acceptors (Lipinski definition) is 11. The van der Waals surface area contributed by atoms with Gasteiger partial charge in [-0.1, -0.05) is 36.4 Å². The Morgan fingerprint density at radius 1 is 1.02 bits per heavy atom. The van der Waals surface area contributed by atoms with E-state index in [-0.39, 0.29) is 25.4 Å². The van der Waals surface area contributed by atoms with E-state index >= 15 is 0 Å². The number of carbonyl (C=O) groups excluding carboxylic acids is 3. The molecule has 0 saturated heterocycles. The number of ether oxygens (including phenoxy) is 5. The van der Waals surface area contributed by atoms with Crippen LogP contribution in [-0.4, -0.2) is 69.1 Å². The van der Waals surface area contributed by atoms with Gasteiger partial charge in [0, 0.05) is 11.3 Å². The summed E-state index contributed by atoms with van der Waals surface area (Å²) in [5, 5.41) is 21.8. The number of rotatable bonds is 14. The number of hydrogen-bond donors (Lipinski definition) is 4. The normalized spacial score (nSPS) is 15.2. The summed E-state index contributed by atoms with van der Waals surface area (Å²) in [6.07, 6.45) is 0.281. The van der Waals surface area contributed by atoms with E-state index in [0.29, 0.717) is 40.7 Å². The van der Waals surface area contributed by atoms with Crippen LogP contribution < -0.4 is 30.3 Å². The van der Waals surface area contributed by atoms with Gasteiger partial charge in [0.05, 0.1) is 38.2 Å². The van der Waals surface area contributed by atoms with Crippen LogP contribution in [0.5, 0.6) is 17.2 Å². The number of carbonyl (C=O) groups is 3. The molecular formula is C32H36N4O9. The van der Waals surface area contributed by atoms with E-state index in [4.69, 9.17) is 23.7 Å². The van der Waals surface area contributed by atoms with Crippen molar-refractivity contribution in [3.05, 3.63) is 77.0 Å². The maximum absolute atomic E-state index is 12.5. The molecule has 45 heavy (non-hydrogen) atoms. The van der Waals surface area contributed by atoms with E-state index in [1.54, 1.807) is 45.0 Å². The first-order valence-electron chi connectivity index (χ1n) is 14.3. The predicted octanol–water partition coefficient (Wildman–Crippen LogP) is 3.30. The molecule has 0 bridgehead atoms. The van der Waals surface area contributed by atoms with E-state index in [1.807, 2.05) is 30.3 Å². The number of allylic oxidation sites excluding steroid dienone is 1. The molecule has 13 nitrogen and oxygen atoms in total. The smallest absolute Gasteiger partial charge is 0.344 e. The lowest BCUT2D eigenvalue weighted by atomic mass is 9.95. The van der Waals surface area contributed by atoms with E-state index in [2.05, 4.69) is 21.2 Å². The Bertz CT molecular complexity index is 1600. The second-order valence-electron chi connectivity index (χ2n) is 9.71. The van der Waals surface area contributed by atoms with Crippen LogP contribution in [0.2, 0.25) is 0 Å². The van der Waals surface area contributed by atoms with Crippen molar-refractivity contribution in [3.8, 4) is 17.2 Å². The SMILES string of the molecule is CCOC(=O)COc1ccc2ccccc2c1/C=N/N[C@H](O)COc1ccc([C@H]2NC(=O)NC(C)=C2C(=O)OC)cc1OCC. The number of urea groups is 1. The second-order valence-corrected chi connectivity index (χ2v) is 9.71. The summed E-state index contributed by atoms with van der Waals surface area (Å²) in [7, 11) is 1.27. The minimum atomic E-state index is -1.21. The van der Waals surface area contributed by atoms with Gasteiger partial charge < -0.3 is 39.4 Å². The molecule has 0 aromatic heterocycles. The Morgan fingerprint density at radius 2 is 1.80 bits per heavy atom. The van der Waals surface area contributed by atoms with E-state index in [0.717, 1.165) is 10.8 Å². The van der Waals surface area contributed by atoms with Crippen molar-refractivity contribution >= 4 is 35.0 Å². The van der Waals surface area contributed by atoms with Gasteiger partial charge in [0.25, 0.3) is 0 Å². The van der Waals surface area contributed by atoms with Gasteiger partial charge in [-0.3, -0.25) is 5.43 Å². The zero-order valence-corrected chi connectivity index (χ0v) is 25.4. The number of fused-ring (bicyclic) bond motifs is 1. The van der Waals surface area contributed by atoms with Crippen LogP contribution in [0.1, 0.15) is 37.9 Å². The number of esters is 2. The minimum absolute atomic E-state index is 0.199. The van der Waals surface area contributed by atoms with Gasteiger partial charge in [-0.25, -0.2) is 14.4 Å². The summed E-state index contributed by atoms with van der Waals surface area (Å²) in [6.45, 7) is 5.24. The first kappa shape index (κ1) is 32.6. The molecule has 13 heteroatoms. The van der Waals surface area contributed by atoms with Crippen molar-refractivity contribution in [1.29, 1.82) is 0 Å². The average molecular weight is 621 g/mol. The summed E-state index contributed by atoms with van der Waals surface area (Å²) >= 11 is 0. The fourth-order valence-corrected chi connectivity index (χ4v) is 4.68. The number of benzene rings is 3. The van der Waals surface area contributed by atoms with Crippen molar-refractivity contribution in [2.75, 3.05) is 33.5 Å². The Morgan fingerprint density at radius 3 is 2.56 bits per heavy atom. The molecule has 0 aliphatic carbocycles. The lowest BCUT2D eigenvalue weighted by Gasteiger charge is -2.28. The van der Waals surface area contributed by atoms with Crippen molar-refractivity contribution in [2.24, 2.45) is 5.10 Å². The molecule has 1 heterocycles. The topological polar surface area (TPSA) is 166 Å². The van der Waals surface area contributed by atoms with Crippen molar-refractivity contribution in [1.82, 2.24) is 16.1 Å². The lowest BCUT2D eigenvalue weighted by Crippen LogP contribution is -2.45. The molecule has 0 spiro atoms. The minimum Gasteiger partial charge on any atom is -0.490 e. The number of nitrogens with one attached hydrogen (secondary N) is 3. The largest absolute Gasteiger partial charge is 0.490 e. The second kappa shape index (κ2) is 15.4. The van der Waals surface area contributed by atoms with Gasteiger partial charge >= 0.3 is 18.0 Å². The van der Waals surface area contributed by atoms with Crippen LogP contribution in [0.15, 0.2) is 71.0 Å². The number of hydrazone groups is 1. The van der Waals surface area contributed by atoms with Crippen LogP contribution in [-0.2, 0) is 19.1 Å². The fourth-order valence-electron chi connectivity index (χ4n) is 4.68. The summed E-state index contributed by atoms with van der Waals surface area (Å²) < 4.78 is 27.2. The third kappa shape index (κ3) is 8.21. The van der Waals surface area contributed by atoms with Crippen LogP contribution >= 0.6 is 0 Å². The number of aliphatic hydroxyl groups is 1. The molecule has 238 valence electrons. The van der Waals surface area contributed by atoms with Crippen molar-refractivity contribution in [3.63, 3.8) is 0 Å². The maximum Gasteiger partial charge on any atom is 0.344 e. The molecule has 2 amide bonds. The molecule has 0 radical (unpaired) electrons. The first-order chi connectivity index (χ1) is 21.7. The summed E-state index contributed by atoms with van der Waals surface area (Å²) in [4.78, 5) is 36.5. The molecule has 0 unspecified atom stereocenters. The molecule has 0 fully saturated rings. The molecule has 0 saturated carbocycles. The zero-order chi connectivity index (χ0) is 32.3. The Kier molecular flexibility index (Phi) is 11.2. The number of amides is 2. The Hall–Kier alpha value is -5.30. The Labute approximate surface area is 260 Å². The summed E-state index contributed by atoms with van der Waals surface area (Å²) in [5.41, 5.74) is 4.44. The van der Waals surface area contributed by atoms with E-state index < -0.39 is 30.2 Å².